The molecule has 0 aromatic carbocycles. The molecule has 76 valence electrons. The standard InChI is InChI=1S/C9H18N2O2/c1-8(13)10-9-2-4-11(5-3-9)6-7-12/h9,12H,2-7H2,1H3,(H,10,13). The number of nitrogens with one attached hydrogen (secondary N) is 1. The van der Waals surface area contributed by atoms with Gasteiger partial charge < -0.3 is 15.3 Å². The molecule has 0 atom stereocenters. The summed E-state index contributed by atoms with van der Waals surface area (Å²) in [5.41, 5.74) is 0. The third-order valence-electron chi connectivity index (χ3n) is 2.41. The number of piperidine rings is 1. The molecule has 0 radical (unpaired) electrons. The Kier molecular flexibility index (Phi) is 4.18. The van der Waals surface area contributed by atoms with Crippen LogP contribution in [0.15, 0.2) is 0 Å². The molecule has 1 heterocycles. The van der Waals surface area contributed by atoms with Crippen molar-refractivity contribution < 1.29 is 9.90 Å². The fourth-order valence-electron chi connectivity index (χ4n) is 1.73. The van der Waals surface area contributed by atoms with E-state index in [4.69, 9.17) is 5.11 Å². The molecule has 0 bridgehead atoms. The van der Waals surface area contributed by atoms with Crippen LogP contribution in [0.25, 0.3) is 0 Å². The molecule has 0 spiro atoms. The zero-order valence-corrected chi connectivity index (χ0v) is 8.12. The molecule has 4 heteroatoms. The van der Waals surface area contributed by atoms with Gasteiger partial charge in [-0.15, -0.1) is 0 Å². The van der Waals surface area contributed by atoms with Gasteiger partial charge >= 0.3 is 0 Å². The monoisotopic (exact) mass is 186 g/mol. The van der Waals surface area contributed by atoms with Crippen LogP contribution in [-0.2, 0) is 4.79 Å². The van der Waals surface area contributed by atoms with Gasteiger partial charge in [-0.25, -0.2) is 0 Å². The summed E-state index contributed by atoms with van der Waals surface area (Å²) < 4.78 is 0. The molecule has 13 heavy (non-hydrogen) atoms. The molecule has 1 aliphatic rings. The van der Waals surface area contributed by atoms with Gasteiger partial charge in [0.25, 0.3) is 0 Å². The van der Waals surface area contributed by atoms with Gasteiger partial charge in [-0.2, -0.15) is 0 Å². The zero-order chi connectivity index (χ0) is 9.68. The lowest BCUT2D eigenvalue weighted by atomic mass is 10.1. The Bertz CT molecular complexity index is 165. The zero-order valence-electron chi connectivity index (χ0n) is 8.12. The Hall–Kier alpha value is -0.610. The van der Waals surface area contributed by atoms with Crippen LogP contribution in [0, 0.1) is 0 Å². The predicted octanol–water partition coefficient (Wildman–Crippen LogP) is -0.421. The molecular formula is C9H18N2O2. The first-order valence-corrected chi connectivity index (χ1v) is 4.82. The van der Waals surface area contributed by atoms with E-state index in [2.05, 4.69) is 10.2 Å². The van der Waals surface area contributed by atoms with Crippen molar-refractivity contribution in [3.05, 3.63) is 0 Å². The van der Waals surface area contributed by atoms with Crippen LogP contribution < -0.4 is 5.32 Å². The second-order valence-electron chi connectivity index (χ2n) is 3.54. The first-order chi connectivity index (χ1) is 6.22. The Balaban J connectivity index is 2.18. The molecule has 0 unspecified atom stereocenters. The fourth-order valence-corrected chi connectivity index (χ4v) is 1.73. The molecular weight excluding hydrogens is 168 g/mol. The number of carbonyl (C=O) groups excluding carboxylic acids is 1. The molecule has 2 N–H and O–H groups in total. The van der Waals surface area contributed by atoms with E-state index in [0.29, 0.717) is 6.04 Å². The van der Waals surface area contributed by atoms with Gasteiger partial charge in [-0.1, -0.05) is 0 Å². The van der Waals surface area contributed by atoms with Gasteiger partial charge in [0.05, 0.1) is 6.61 Å². The SMILES string of the molecule is CC(=O)NC1CCN(CCO)CC1. The van der Waals surface area contributed by atoms with Crippen molar-refractivity contribution >= 4 is 5.91 Å². The maximum Gasteiger partial charge on any atom is 0.217 e. The van der Waals surface area contributed by atoms with E-state index in [0.717, 1.165) is 32.5 Å². The lowest BCUT2D eigenvalue weighted by molar-refractivity contribution is -0.119. The summed E-state index contributed by atoms with van der Waals surface area (Å²) in [6.07, 6.45) is 2.00. The topological polar surface area (TPSA) is 52.6 Å². The highest BCUT2D eigenvalue weighted by Crippen LogP contribution is 2.09. The number of aliphatic hydroxyl groups is 1. The highest BCUT2D eigenvalue weighted by molar-refractivity contribution is 5.73. The van der Waals surface area contributed by atoms with E-state index in [-0.39, 0.29) is 12.5 Å². The molecule has 0 aromatic rings. The number of rotatable bonds is 3. The van der Waals surface area contributed by atoms with Crippen molar-refractivity contribution in [2.45, 2.75) is 25.8 Å². The first-order valence-electron chi connectivity index (χ1n) is 4.82. The molecule has 0 aliphatic carbocycles. The van der Waals surface area contributed by atoms with Crippen LogP contribution in [0.4, 0.5) is 0 Å². The van der Waals surface area contributed by atoms with Crippen LogP contribution in [0.2, 0.25) is 0 Å². The first kappa shape index (κ1) is 10.5. The predicted molar refractivity (Wildman–Crippen MR) is 50.4 cm³/mol. The molecule has 0 saturated carbocycles. The summed E-state index contributed by atoms with van der Waals surface area (Å²) in [5, 5.41) is 11.6. The smallest absolute Gasteiger partial charge is 0.217 e. The summed E-state index contributed by atoms with van der Waals surface area (Å²) in [6.45, 7) is 4.49. The minimum absolute atomic E-state index is 0.0561. The quantitative estimate of drug-likeness (QED) is 0.629. The van der Waals surface area contributed by atoms with E-state index in [1.54, 1.807) is 6.92 Å². The lowest BCUT2D eigenvalue weighted by Crippen LogP contribution is -2.44. The highest BCUT2D eigenvalue weighted by atomic mass is 16.3. The fraction of sp³-hybridized carbons (Fsp3) is 0.889. The van der Waals surface area contributed by atoms with E-state index >= 15 is 0 Å². The summed E-state index contributed by atoms with van der Waals surface area (Å²) >= 11 is 0. The number of likely N-dealkylation sites (tertiary alicyclic amines) is 1. The Morgan fingerprint density at radius 3 is 2.62 bits per heavy atom. The van der Waals surface area contributed by atoms with Crippen LogP contribution in [-0.4, -0.2) is 48.2 Å². The van der Waals surface area contributed by atoms with Gasteiger partial charge in [0.15, 0.2) is 0 Å². The van der Waals surface area contributed by atoms with Crippen LogP contribution in [0.1, 0.15) is 19.8 Å². The average molecular weight is 186 g/mol. The summed E-state index contributed by atoms with van der Waals surface area (Å²) in [5.74, 6) is 0.0561. The number of amides is 1. The molecule has 4 nitrogen and oxygen atoms in total. The summed E-state index contributed by atoms with van der Waals surface area (Å²) in [7, 11) is 0. The second kappa shape index (κ2) is 5.19. The maximum absolute atomic E-state index is 10.8. The summed E-state index contributed by atoms with van der Waals surface area (Å²) in [4.78, 5) is 13.0. The van der Waals surface area contributed by atoms with Crippen molar-refractivity contribution in [3.63, 3.8) is 0 Å². The summed E-state index contributed by atoms with van der Waals surface area (Å²) in [6, 6.07) is 0.340. The highest BCUT2D eigenvalue weighted by Gasteiger charge is 2.18. The van der Waals surface area contributed by atoms with Gasteiger partial charge in [0.2, 0.25) is 5.91 Å². The van der Waals surface area contributed by atoms with Gasteiger partial charge in [-0.3, -0.25) is 4.79 Å². The van der Waals surface area contributed by atoms with Gasteiger partial charge in [0.1, 0.15) is 0 Å². The van der Waals surface area contributed by atoms with Gasteiger partial charge in [-0.05, 0) is 12.8 Å². The van der Waals surface area contributed by atoms with Crippen LogP contribution >= 0.6 is 0 Å². The van der Waals surface area contributed by atoms with E-state index < -0.39 is 0 Å². The largest absolute Gasteiger partial charge is 0.395 e. The Morgan fingerprint density at radius 1 is 1.54 bits per heavy atom. The van der Waals surface area contributed by atoms with Crippen molar-refractivity contribution in [2.24, 2.45) is 0 Å². The maximum atomic E-state index is 10.8. The van der Waals surface area contributed by atoms with Crippen LogP contribution in [0.3, 0.4) is 0 Å². The number of β-amino-alcohol motifs (C(OH)–C–C–N with tert-alkyl or cyclic N) is 1. The second-order valence-corrected chi connectivity index (χ2v) is 3.54. The van der Waals surface area contributed by atoms with Crippen molar-refractivity contribution in [1.82, 2.24) is 10.2 Å². The van der Waals surface area contributed by atoms with Crippen molar-refractivity contribution in [1.29, 1.82) is 0 Å². The van der Waals surface area contributed by atoms with Crippen molar-refractivity contribution in [3.8, 4) is 0 Å². The number of nitrogens with zero attached hydrogens (tertiary/aromatic N) is 1. The Labute approximate surface area is 78.9 Å². The number of carbonyl (C=O) groups is 1. The van der Waals surface area contributed by atoms with Crippen LogP contribution in [0.5, 0.6) is 0 Å². The number of hydrogen-bond donors (Lipinski definition) is 2. The number of aliphatic hydroxyl groups excluding tert-OH is 1. The van der Waals surface area contributed by atoms with Crippen molar-refractivity contribution in [2.75, 3.05) is 26.2 Å². The average Bonchev–Trinajstić information content (AvgIpc) is 2.08. The molecule has 1 saturated heterocycles. The minimum atomic E-state index is 0.0561. The molecule has 1 rings (SSSR count). The third kappa shape index (κ3) is 3.74. The minimum Gasteiger partial charge on any atom is -0.395 e. The molecule has 1 aliphatic heterocycles. The van der Waals surface area contributed by atoms with E-state index in [9.17, 15) is 4.79 Å². The molecule has 1 amide bonds. The van der Waals surface area contributed by atoms with E-state index in [1.807, 2.05) is 0 Å². The molecule has 0 aromatic heterocycles. The third-order valence-corrected chi connectivity index (χ3v) is 2.41. The Morgan fingerprint density at radius 2 is 2.15 bits per heavy atom. The van der Waals surface area contributed by atoms with E-state index in [1.165, 1.54) is 0 Å². The normalized spacial score (nSPS) is 20.2. The lowest BCUT2D eigenvalue weighted by Gasteiger charge is -2.31. The molecule has 1 fully saturated rings. The van der Waals surface area contributed by atoms with Gasteiger partial charge in [0, 0.05) is 32.6 Å². The number of hydrogen-bond acceptors (Lipinski definition) is 3.